The van der Waals surface area contributed by atoms with Gasteiger partial charge in [0.15, 0.2) is 24.2 Å². The fourth-order valence-electron chi connectivity index (χ4n) is 11.0. The summed E-state index contributed by atoms with van der Waals surface area (Å²) >= 11 is 0. The predicted molar refractivity (Wildman–Crippen MR) is 161 cm³/mol. The average Bonchev–Trinajstić information content (AvgIpc) is 3.16. The molecule has 8 nitrogen and oxygen atoms in total. The molecule has 0 aromatic rings. The van der Waals surface area contributed by atoms with E-state index in [2.05, 4.69) is 27.7 Å². The number of oxime groups is 1. The topological polar surface area (TPSA) is 99.0 Å². The Labute approximate surface area is 258 Å². The Morgan fingerprint density at radius 2 is 1.47 bits per heavy atom. The lowest BCUT2D eigenvalue weighted by Crippen LogP contribution is -2.62. The van der Waals surface area contributed by atoms with Gasteiger partial charge in [-0.05, 0) is 101 Å². The van der Waals surface area contributed by atoms with Crippen molar-refractivity contribution in [2.24, 2.45) is 70.3 Å². The minimum atomic E-state index is -1.26. The maximum atomic E-state index is 12.8. The summed E-state index contributed by atoms with van der Waals surface area (Å²) in [6.07, 6.45) is 5.35. The molecule has 5 aliphatic heterocycles. The van der Waals surface area contributed by atoms with Crippen molar-refractivity contribution in [3.63, 3.8) is 0 Å². The molecular weight excluding hydrogens is 546 g/mol. The third-order valence-electron chi connectivity index (χ3n) is 13.4. The molecule has 8 heteroatoms. The van der Waals surface area contributed by atoms with E-state index < -0.39 is 29.8 Å². The molecule has 17 unspecified atom stereocenters. The van der Waals surface area contributed by atoms with E-state index in [0.717, 1.165) is 31.4 Å². The van der Waals surface area contributed by atoms with Crippen molar-refractivity contribution < 1.29 is 34.0 Å². The van der Waals surface area contributed by atoms with Crippen LogP contribution < -0.4 is 0 Å². The van der Waals surface area contributed by atoms with Crippen molar-refractivity contribution >= 4 is 5.71 Å². The van der Waals surface area contributed by atoms with Gasteiger partial charge in [0.1, 0.15) is 11.7 Å². The summed E-state index contributed by atoms with van der Waals surface area (Å²) in [5.41, 5.74) is 0.412. The van der Waals surface area contributed by atoms with Crippen molar-refractivity contribution in [2.75, 3.05) is 0 Å². The third kappa shape index (κ3) is 5.22. The molecule has 2 N–H and O–H groups in total. The van der Waals surface area contributed by atoms with Crippen molar-refractivity contribution in [1.29, 1.82) is 0 Å². The van der Waals surface area contributed by atoms with E-state index in [1.54, 1.807) is 6.92 Å². The van der Waals surface area contributed by atoms with E-state index in [4.69, 9.17) is 28.9 Å². The SMILES string of the molecule is CC1CCC2C(C)C3OC4OC(O)(CCC1C42)C1CC2C(C)C(CC3=NOC(C)(C)C)OC3OC(C)(O)CCC(C1C)C32. The molecule has 0 spiro atoms. The first-order chi connectivity index (χ1) is 20.2. The second-order valence-corrected chi connectivity index (χ2v) is 17.1. The van der Waals surface area contributed by atoms with E-state index in [-0.39, 0.29) is 59.6 Å². The zero-order chi connectivity index (χ0) is 30.6. The molecule has 7 rings (SSSR count). The minimum absolute atomic E-state index is 0.0178. The van der Waals surface area contributed by atoms with Gasteiger partial charge in [-0.25, -0.2) is 0 Å². The van der Waals surface area contributed by atoms with E-state index in [1.165, 1.54) is 6.42 Å². The van der Waals surface area contributed by atoms with E-state index in [1.807, 2.05) is 20.8 Å². The highest BCUT2D eigenvalue weighted by Crippen LogP contribution is 2.61. The van der Waals surface area contributed by atoms with Crippen LogP contribution in [0, 0.1) is 65.1 Å². The molecule has 5 heterocycles. The summed E-state index contributed by atoms with van der Waals surface area (Å²) in [5.74, 6) is 0.558. The van der Waals surface area contributed by atoms with E-state index in [0.29, 0.717) is 37.0 Å². The molecule has 17 atom stereocenters. The monoisotopic (exact) mass is 603 g/mol. The molecule has 0 amide bonds. The fourth-order valence-corrected chi connectivity index (χ4v) is 11.0. The standard InChI is InChI=1S/C35H57NO7/c1-17-9-10-22-20(4)30-26(36-43-33(5,6)7)16-27-19(3)24-15-25(35(38)14-12-21(17)28(22)32(40-30)42-35)18(2)23-11-13-34(8,37)41-31(39-27)29(23)24/h17-25,27-32,37-38H,9-16H2,1-8H3. The molecule has 0 aromatic carbocycles. The Hall–Kier alpha value is -0.770. The van der Waals surface area contributed by atoms with E-state index in [9.17, 15) is 10.2 Å². The molecule has 2 aliphatic carbocycles. The first-order valence-electron chi connectivity index (χ1n) is 17.5. The zero-order valence-corrected chi connectivity index (χ0v) is 27.7. The summed E-state index contributed by atoms with van der Waals surface area (Å²) < 4.78 is 27.4. The Morgan fingerprint density at radius 3 is 2.21 bits per heavy atom. The average molecular weight is 604 g/mol. The lowest BCUT2D eigenvalue weighted by molar-refractivity contribution is -0.370. The molecule has 5 saturated heterocycles. The van der Waals surface area contributed by atoms with Gasteiger partial charge in [-0.2, -0.15) is 0 Å². The van der Waals surface area contributed by atoms with Gasteiger partial charge in [0.2, 0.25) is 0 Å². The number of hydrogen-bond acceptors (Lipinski definition) is 8. The van der Waals surface area contributed by atoms with Crippen LogP contribution in [0.3, 0.4) is 0 Å². The fraction of sp³-hybridized carbons (Fsp3) is 0.971. The highest BCUT2D eigenvalue weighted by atomic mass is 16.8. The Morgan fingerprint density at radius 1 is 0.791 bits per heavy atom. The number of aliphatic hydroxyl groups is 2. The van der Waals surface area contributed by atoms with Crippen molar-refractivity contribution in [3.05, 3.63) is 0 Å². The molecule has 6 bridgehead atoms. The maximum absolute atomic E-state index is 12.8. The molecule has 0 aromatic heterocycles. The first-order valence-corrected chi connectivity index (χ1v) is 17.5. The summed E-state index contributed by atoms with van der Waals surface area (Å²) in [6, 6.07) is 0. The number of hydrogen-bond donors (Lipinski definition) is 2. The van der Waals surface area contributed by atoms with Gasteiger partial charge in [0, 0.05) is 37.0 Å². The van der Waals surface area contributed by atoms with Gasteiger partial charge in [-0.1, -0.05) is 39.3 Å². The van der Waals surface area contributed by atoms with Crippen molar-refractivity contribution in [3.8, 4) is 0 Å². The predicted octanol–water partition coefficient (Wildman–Crippen LogP) is 6.08. The van der Waals surface area contributed by atoms with Gasteiger partial charge in [-0.3, -0.25) is 0 Å². The van der Waals surface area contributed by atoms with E-state index >= 15 is 0 Å². The second-order valence-electron chi connectivity index (χ2n) is 17.1. The first kappa shape index (κ1) is 30.9. The maximum Gasteiger partial charge on any atom is 0.171 e. The summed E-state index contributed by atoms with van der Waals surface area (Å²) in [4.78, 5) is 6.12. The largest absolute Gasteiger partial charge is 0.390 e. The lowest BCUT2D eigenvalue weighted by atomic mass is 9.55. The van der Waals surface area contributed by atoms with Crippen LogP contribution in [0.1, 0.15) is 107 Å². The van der Waals surface area contributed by atoms with Crippen LogP contribution in [0.15, 0.2) is 5.16 Å². The molecule has 0 radical (unpaired) electrons. The van der Waals surface area contributed by atoms with Crippen LogP contribution in [0.2, 0.25) is 0 Å². The quantitative estimate of drug-likeness (QED) is 0.350. The third-order valence-corrected chi connectivity index (χ3v) is 13.4. The molecule has 244 valence electrons. The minimum Gasteiger partial charge on any atom is -0.390 e. The van der Waals surface area contributed by atoms with Crippen molar-refractivity contribution in [1.82, 2.24) is 0 Å². The Bertz CT molecular complexity index is 1090. The molecule has 43 heavy (non-hydrogen) atoms. The second kappa shape index (κ2) is 10.6. The molecular formula is C35H57NO7. The van der Waals surface area contributed by atoms with Gasteiger partial charge < -0.3 is 34.0 Å². The summed E-state index contributed by atoms with van der Waals surface area (Å²) in [6.45, 7) is 17.2. The molecule has 2 saturated carbocycles. The van der Waals surface area contributed by atoms with Crippen molar-refractivity contribution in [2.45, 2.75) is 149 Å². The number of rotatable bonds is 1. The Balaban J connectivity index is 1.37. The van der Waals surface area contributed by atoms with Gasteiger partial charge in [-0.15, -0.1) is 0 Å². The van der Waals surface area contributed by atoms with Crippen LogP contribution >= 0.6 is 0 Å². The lowest BCUT2D eigenvalue weighted by Gasteiger charge is -2.58. The van der Waals surface area contributed by atoms with Crippen LogP contribution in [-0.2, 0) is 23.8 Å². The summed E-state index contributed by atoms with van der Waals surface area (Å²) in [5, 5.41) is 28.9. The molecule has 7 fully saturated rings. The van der Waals surface area contributed by atoms with Gasteiger partial charge in [0.05, 0.1) is 11.8 Å². The molecule has 7 aliphatic rings. The van der Waals surface area contributed by atoms with Crippen LogP contribution in [-0.4, -0.2) is 57.9 Å². The van der Waals surface area contributed by atoms with Crippen LogP contribution in [0.25, 0.3) is 0 Å². The number of nitrogens with zero attached hydrogens (tertiary/aromatic N) is 1. The van der Waals surface area contributed by atoms with Crippen LogP contribution in [0.5, 0.6) is 0 Å². The zero-order valence-electron chi connectivity index (χ0n) is 27.7. The highest BCUT2D eigenvalue weighted by Gasteiger charge is 2.63. The highest BCUT2D eigenvalue weighted by molar-refractivity contribution is 5.89. The Kier molecular flexibility index (Phi) is 7.63. The normalized spacial score (nSPS) is 57.3. The van der Waals surface area contributed by atoms with Gasteiger partial charge >= 0.3 is 0 Å². The number of fused-ring (bicyclic) bond motifs is 5. The van der Waals surface area contributed by atoms with Gasteiger partial charge in [0.25, 0.3) is 0 Å². The number of ether oxygens (including phenoxy) is 4. The van der Waals surface area contributed by atoms with Crippen LogP contribution in [0.4, 0.5) is 0 Å². The summed E-state index contributed by atoms with van der Waals surface area (Å²) in [7, 11) is 0. The smallest absolute Gasteiger partial charge is 0.171 e.